The number of hydrogen-bond donors (Lipinski definition) is 2. The van der Waals surface area contributed by atoms with Crippen molar-refractivity contribution in [3.63, 3.8) is 0 Å². The molecule has 1 heterocycles. The summed E-state index contributed by atoms with van der Waals surface area (Å²) in [7, 11) is -3.58. The second kappa shape index (κ2) is 6.74. The Bertz CT molecular complexity index is 494. The van der Waals surface area contributed by atoms with Gasteiger partial charge in [0.1, 0.15) is 0 Å². The summed E-state index contributed by atoms with van der Waals surface area (Å²) in [5, 5.41) is 8.62. The Balaban J connectivity index is 1.80. The largest absolute Gasteiger partial charge is 0.314 e. The van der Waals surface area contributed by atoms with E-state index in [1.165, 1.54) is 24.3 Å². The zero-order valence-electron chi connectivity index (χ0n) is 10.8. The van der Waals surface area contributed by atoms with Crippen LogP contribution in [0.15, 0.2) is 29.2 Å². The van der Waals surface area contributed by atoms with Crippen molar-refractivity contribution < 1.29 is 8.42 Å². The first-order chi connectivity index (χ1) is 9.05. The fourth-order valence-electron chi connectivity index (χ4n) is 2.17. The lowest BCUT2D eigenvalue weighted by molar-refractivity contribution is 0.486. The lowest BCUT2D eigenvalue weighted by Crippen LogP contribution is -2.33. The number of sulfonamides is 1. The molecular formula is C13H20N2O2S2. The van der Waals surface area contributed by atoms with Gasteiger partial charge in [-0.3, -0.25) is 0 Å². The molecule has 0 aliphatic carbocycles. The zero-order chi connectivity index (χ0) is 13.7. The van der Waals surface area contributed by atoms with E-state index in [0.29, 0.717) is 6.04 Å². The van der Waals surface area contributed by atoms with Gasteiger partial charge in [-0.1, -0.05) is 12.1 Å². The van der Waals surface area contributed by atoms with Crippen LogP contribution in [0.25, 0.3) is 0 Å². The predicted octanol–water partition coefficient (Wildman–Crippen LogP) is 1.36. The monoisotopic (exact) mass is 300 g/mol. The number of rotatable bonds is 5. The third-order valence-corrected chi connectivity index (χ3v) is 5.30. The molecule has 0 saturated carbocycles. The fraction of sp³-hybridized carbons (Fsp3) is 0.538. The van der Waals surface area contributed by atoms with Gasteiger partial charge >= 0.3 is 0 Å². The van der Waals surface area contributed by atoms with E-state index in [0.717, 1.165) is 18.5 Å². The Morgan fingerprint density at radius 1 is 1.21 bits per heavy atom. The quantitative estimate of drug-likeness (QED) is 0.861. The molecule has 1 aliphatic rings. The number of thioether (sulfide) groups is 1. The molecule has 1 aromatic rings. The Hall–Kier alpha value is -0.560. The molecule has 0 aromatic heterocycles. The summed E-state index contributed by atoms with van der Waals surface area (Å²) in [6.07, 6.45) is 3.40. The van der Waals surface area contributed by atoms with Crippen molar-refractivity contribution in [3.8, 4) is 0 Å². The van der Waals surface area contributed by atoms with Crippen LogP contribution in [0, 0.1) is 0 Å². The Kier molecular flexibility index (Phi) is 5.27. The molecule has 2 rings (SSSR count). The third kappa shape index (κ3) is 4.80. The van der Waals surface area contributed by atoms with E-state index in [2.05, 4.69) is 5.32 Å². The minimum Gasteiger partial charge on any atom is -0.314 e. The summed E-state index contributed by atoms with van der Waals surface area (Å²) in [6.45, 7) is 0.935. The van der Waals surface area contributed by atoms with Gasteiger partial charge in [-0.05, 0) is 55.0 Å². The summed E-state index contributed by atoms with van der Waals surface area (Å²) in [5.41, 5.74) is 1.13. The van der Waals surface area contributed by atoms with Crippen LogP contribution in [0.5, 0.6) is 0 Å². The molecule has 1 saturated heterocycles. The molecule has 0 amide bonds. The van der Waals surface area contributed by atoms with Gasteiger partial charge in [0.15, 0.2) is 0 Å². The first kappa shape index (κ1) is 14.8. The highest BCUT2D eigenvalue weighted by atomic mass is 32.2. The van der Waals surface area contributed by atoms with Crippen LogP contribution in [0.2, 0.25) is 0 Å². The summed E-state index contributed by atoms with van der Waals surface area (Å²) in [4.78, 5) is 0.175. The lowest BCUT2D eigenvalue weighted by Gasteiger charge is -2.22. The average Bonchev–Trinajstić information content (AvgIpc) is 2.39. The van der Waals surface area contributed by atoms with Gasteiger partial charge in [-0.15, -0.1) is 0 Å². The summed E-state index contributed by atoms with van der Waals surface area (Å²) in [5.74, 6) is 2.50. The normalized spacial score (nSPS) is 17.5. The molecule has 1 fully saturated rings. The molecule has 4 nitrogen and oxygen atoms in total. The maximum atomic E-state index is 11.1. The fourth-order valence-corrected chi connectivity index (χ4v) is 3.79. The van der Waals surface area contributed by atoms with Gasteiger partial charge in [0, 0.05) is 6.04 Å². The number of benzene rings is 1. The molecular weight excluding hydrogens is 280 g/mol. The van der Waals surface area contributed by atoms with Crippen molar-refractivity contribution in [2.24, 2.45) is 5.14 Å². The van der Waals surface area contributed by atoms with Crippen molar-refractivity contribution in [1.82, 2.24) is 5.32 Å². The van der Waals surface area contributed by atoms with Gasteiger partial charge in [-0.2, -0.15) is 11.8 Å². The molecule has 0 radical (unpaired) electrons. The van der Waals surface area contributed by atoms with Crippen LogP contribution in [0.3, 0.4) is 0 Å². The van der Waals surface area contributed by atoms with E-state index >= 15 is 0 Å². The van der Waals surface area contributed by atoms with Crippen molar-refractivity contribution in [3.05, 3.63) is 29.8 Å². The van der Waals surface area contributed by atoms with E-state index in [-0.39, 0.29) is 4.90 Å². The van der Waals surface area contributed by atoms with Crippen LogP contribution >= 0.6 is 11.8 Å². The first-order valence-corrected chi connectivity index (χ1v) is 9.19. The molecule has 19 heavy (non-hydrogen) atoms. The number of hydrogen-bond acceptors (Lipinski definition) is 4. The Morgan fingerprint density at radius 3 is 2.42 bits per heavy atom. The number of nitrogens with two attached hydrogens (primary N) is 1. The summed E-state index contributed by atoms with van der Waals surface area (Å²) in [6, 6.07) is 7.45. The number of primary sulfonamides is 1. The standard InChI is InChI=1S/C13H20N2O2S2/c14-19(16,17)13-3-1-11(2-4-13)5-8-15-12-6-9-18-10-7-12/h1-4,12,15H,5-10H2,(H2,14,16,17). The molecule has 0 atom stereocenters. The Morgan fingerprint density at radius 2 is 1.84 bits per heavy atom. The second-order valence-corrected chi connectivity index (χ2v) is 7.57. The van der Waals surface area contributed by atoms with E-state index < -0.39 is 10.0 Å². The first-order valence-electron chi connectivity index (χ1n) is 6.48. The van der Waals surface area contributed by atoms with Gasteiger partial charge < -0.3 is 5.32 Å². The van der Waals surface area contributed by atoms with E-state index in [4.69, 9.17) is 5.14 Å². The van der Waals surface area contributed by atoms with E-state index in [1.54, 1.807) is 12.1 Å². The lowest BCUT2D eigenvalue weighted by atomic mass is 10.1. The Labute approximate surface area is 119 Å². The highest BCUT2D eigenvalue weighted by molar-refractivity contribution is 7.99. The van der Waals surface area contributed by atoms with Crippen LogP contribution < -0.4 is 10.5 Å². The van der Waals surface area contributed by atoms with Crippen LogP contribution in [0.1, 0.15) is 18.4 Å². The molecule has 1 aromatic carbocycles. The van der Waals surface area contributed by atoms with Gasteiger partial charge in [0.05, 0.1) is 4.90 Å². The minimum atomic E-state index is -3.58. The van der Waals surface area contributed by atoms with E-state index in [9.17, 15) is 8.42 Å². The maximum absolute atomic E-state index is 11.1. The molecule has 0 bridgehead atoms. The van der Waals surface area contributed by atoms with Crippen LogP contribution in [-0.2, 0) is 16.4 Å². The molecule has 106 valence electrons. The topological polar surface area (TPSA) is 72.2 Å². The highest BCUT2D eigenvalue weighted by Crippen LogP contribution is 2.16. The molecule has 3 N–H and O–H groups in total. The summed E-state index contributed by atoms with van der Waals surface area (Å²) < 4.78 is 22.3. The van der Waals surface area contributed by atoms with Gasteiger partial charge in [0.25, 0.3) is 0 Å². The van der Waals surface area contributed by atoms with Gasteiger partial charge in [0.2, 0.25) is 10.0 Å². The highest BCUT2D eigenvalue weighted by Gasteiger charge is 2.12. The minimum absolute atomic E-state index is 0.175. The molecule has 1 aliphatic heterocycles. The molecule has 0 spiro atoms. The van der Waals surface area contributed by atoms with Crippen molar-refractivity contribution in [1.29, 1.82) is 0 Å². The third-order valence-electron chi connectivity index (χ3n) is 3.32. The number of nitrogens with one attached hydrogen (secondary N) is 1. The van der Waals surface area contributed by atoms with E-state index in [1.807, 2.05) is 23.9 Å². The van der Waals surface area contributed by atoms with Crippen molar-refractivity contribution in [2.75, 3.05) is 18.1 Å². The summed E-state index contributed by atoms with van der Waals surface area (Å²) >= 11 is 2.02. The maximum Gasteiger partial charge on any atom is 0.238 e. The van der Waals surface area contributed by atoms with Crippen LogP contribution in [0.4, 0.5) is 0 Å². The smallest absolute Gasteiger partial charge is 0.238 e. The molecule has 6 heteroatoms. The van der Waals surface area contributed by atoms with Gasteiger partial charge in [-0.25, -0.2) is 13.6 Å². The van der Waals surface area contributed by atoms with Crippen molar-refractivity contribution in [2.45, 2.75) is 30.2 Å². The average molecular weight is 300 g/mol. The molecule has 0 unspecified atom stereocenters. The van der Waals surface area contributed by atoms with Crippen LogP contribution in [-0.4, -0.2) is 32.5 Å². The van der Waals surface area contributed by atoms with Crippen molar-refractivity contribution >= 4 is 21.8 Å². The zero-order valence-corrected chi connectivity index (χ0v) is 12.5. The predicted molar refractivity (Wildman–Crippen MR) is 79.9 cm³/mol. The SMILES string of the molecule is NS(=O)(=O)c1ccc(CCNC2CCSCC2)cc1. The second-order valence-electron chi connectivity index (χ2n) is 4.78.